The monoisotopic (exact) mass is 256 g/mol. The van der Waals surface area contributed by atoms with E-state index in [0.717, 1.165) is 32.6 Å². The SMILES string of the molecule is COC(=O)C1CCN(CCCCC(C)(C)CN)C1. The minimum atomic E-state index is -0.0539. The Hall–Kier alpha value is -0.610. The standard InChI is InChI=1S/C14H28N2O2/c1-14(2,11-15)7-4-5-8-16-9-6-12(10-16)13(17)18-3/h12H,4-11,15H2,1-3H3. The molecule has 1 unspecified atom stereocenters. The maximum atomic E-state index is 11.4. The van der Waals surface area contributed by atoms with Crippen LogP contribution in [-0.2, 0) is 9.53 Å². The lowest BCUT2D eigenvalue weighted by Crippen LogP contribution is -2.26. The Morgan fingerprint density at radius 3 is 2.78 bits per heavy atom. The number of likely N-dealkylation sites (tertiary alicyclic amines) is 1. The molecule has 4 heteroatoms. The summed E-state index contributed by atoms with van der Waals surface area (Å²) in [7, 11) is 1.47. The van der Waals surface area contributed by atoms with Crippen LogP contribution in [0.1, 0.15) is 39.5 Å². The highest BCUT2D eigenvalue weighted by Gasteiger charge is 2.28. The van der Waals surface area contributed by atoms with Crippen molar-refractivity contribution in [3.8, 4) is 0 Å². The number of ether oxygens (including phenoxy) is 1. The number of hydrogen-bond donors (Lipinski definition) is 1. The van der Waals surface area contributed by atoms with Gasteiger partial charge in [0, 0.05) is 6.54 Å². The minimum absolute atomic E-state index is 0.0539. The smallest absolute Gasteiger partial charge is 0.310 e. The van der Waals surface area contributed by atoms with E-state index >= 15 is 0 Å². The number of methoxy groups -OCH3 is 1. The predicted octanol–water partition coefficient (Wildman–Crippen LogP) is 1.64. The summed E-state index contributed by atoms with van der Waals surface area (Å²) < 4.78 is 4.79. The van der Waals surface area contributed by atoms with Crippen LogP contribution in [0.4, 0.5) is 0 Å². The molecular weight excluding hydrogens is 228 g/mol. The number of hydrogen-bond acceptors (Lipinski definition) is 4. The molecule has 1 aliphatic heterocycles. The first-order chi connectivity index (χ1) is 8.48. The van der Waals surface area contributed by atoms with Crippen LogP contribution < -0.4 is 5.73 Å². The summed E-state index contributed by atoms with van der Waals surface area (Å²) in [4.78, 5) is 13.8. The van der Waals surface area contributed by atoms with Gasteiger partial charge in [0.15, 0.2) is 0 Å². The molecule has 18 heavy (non-hydrogen) atoms. The lowest BCUT2D eigenvalue weighted by atomic mass is 9.87. The molecule has 0 amide bonds. The molecular formula is C14H28N2O2. The van der Waals surface area contributed by atoms with Crippen LogP contribution >= 0.6 is 0 Å². The van der Waals surface area contributed by atoms with E-state index < -0.39 is 0 Å². The summed E-state index contributed by atoms with van der Waals surface area (Å²) in [6.45, 7) is 8.18. The zero-order chi connectivity index (χ0) is 13.6. The van der Waals surface area contributed by atoms with Crippen LogP contribution in [0.2, 0.25) is 0 Å². The highest BCUT2D eigenvalue weighted by Crippen LogP contribution is 2.22. The second-order valence-electron chi connectivity index (χ2n) is 6.13. The van der Waals surface area contributed by atoms with Gasteiger partial charge in [-0.2, -0.15) is 0 Å². The molecule has 0 saturated carbocycles. The van der Waals surface area contributed by atoms with Gasteiger partial charge in [0.05, 0.1) is 13.0 Å². The molecule has 1 fully saturated rings. The fourth-order valence-electron chi connectivity index (χ4n) is 2.44. The van der Waals surface area contributed by atoms with Crippen molar-refractivity contribution in [3.63, 3.8) is 0 Å². The first-order valence-electron chi connectivity index (χ1n) is 6.99. The maximum absolute atomic E-state index is 11.4. The molecule has 2 N–H and O–H groups in total. The van der Waals surface area contributed by atoms with Crippen molar-refractivity contribution in [1.82, 2.24) is 4.90 Å². The second-order valence-corrected chi connectivity index (χ2v) is 6.13. The van der Waals surface area contributed by atoms with Gasteiger partial charge in [-0.25, -0.2) is 0 Å². The van der Waals surface area contributed by atoms with Gasteiger partial charge in [-0.3, -0.25) is 4.79 Å². The van der Waals surface area contributed by atoms with E-state index in [1.807, 2.05) is 0 Å². The Morgan fingerprint density at radius 1 is 1.44 bits per heavy atom. The predicted molar refractivity (Wildman–Crippen MR) is 73.2 cm³/mol. The van der Waals surface area contributed by atoms with Crippen molar-refractivity contribution >= 4 is 5.97 Å². The molecule has 1 rings (SSSR count). The Labute approximate surface area is 111 Å². The van der Waals surface area contributed by atoms with Crippen LogP contribution in [0.3, 0.4) is 0 Å². The summed E-state index contributed by atoms with van der Waals surface area (Å²) in [6, 6.07) is 0. The van der Waals surface area contributed by atoms with Crippen molar-refractivity contribution in [1.29, 1.82) is 0 Å². The number of carbonyl (C=O) groups excluding carboxylic acids is 1. The van der Waals surface area contributed by atoms with Crippen molar-refractivity contribution in [2.45, 2.75) is 39.5 Å². The fourth-order valence-corrected chi connectivity index (χ4v) is 2.44. The molecule has 1 heterocycles. The zero-order valence-electron chi connectivity index (χ0n) is 12.1. The molecule has 1 saturated heterocycles. The molecule has 0 aromatic rings. The third kappa shape index (κ3) is 4.94. The van der Waals surface area contributed by atoms with Crippen LogP contribution in [0.5, 0.6) is 0 Å². The number of rotatable bonds is 7. The number of carbonyl (C=O) groups is 1. The Kier molecular flexibility index (Phi) is 6.09. The van der Waals surface area contributed by atoms with Crippen molar-refractivity contribution < 1.29 is 9.53 Å². The largest absolute Gasteiger partial charge is 0.469 e. The van der Waals surface area contributed by atoms with Crippen molar-refractivity contribution in [3.05, 3.63) is 0 Å². The van der Waals surface area contributed by atoms with E-state index in [9.17, 15) is 4.79 Å². The van der Waals surface area contributed by atoms with Gasteiger partial charge < -0.3 is 15.4 Å². The maximum Gasteiger partial charge on any atom is 0.310 e. The van der Waals surface area contributed by atoms with E-state index in [0.29, 0.717) is 0 Å². The van der Waals surface area contributed by atoms with E-state index in [2.05, 4.69) is 18.7 Å². The molecule has 1 atom stereocenters. The molecule has 0 radical (unpaired) electrons. The van der Waals surface area contributed by atoms with E-state index in [-0.39, 0.29) is 17.3 Å². The van der Waals surface area contributed by atoms with Crippen LogP contribution in [0.15, 0.2) is 0 Å². The van der Waals surface area contributed by atoms with E-state index in [1.54, 1.807) is 0 Å². The molecule has 4 nitrogen and oxygen atoms in total. The van der Waals surface area contributed by atoms with E-state index in [4.69, 9.17) is 10.5 Å². The first kappa shape index (κ1) is 15.4. The topological polar surface area (TPSA) is 55.6 Å². The lowest BCUT2D eigenvalue weighted by Gasteiger charge is -2.22. The second kappa shape index (κ2) is 7.10. The van der Waals surface area contributed by atoms with Gasteiger partial charge in [0.1, 0.15) is 0 Å². The number of unbranched alkanes of at least 4 members (excludes halogenated alkanes) is 1. The van der Waals surface area contributed by atoms with Crippen molar-refractivity contribution in [2.24, 2.45) is 17.1 Å². The molecule has 0 bridgehead atoms. The Bertz CT molecular complexity index is 267. The molecule has 0 aromatic heterocycles. The van der Waals surface area contributed by atoms with Gasteiger partial charge >= 0.3 is 5.97 Å². The van der Waals surface area contributed by atoms with Gasteiger partial charge in [-0.15, -0.1) is 0 Å². The number of nitrogens with zero attached hydrogens (tertiary/aromatic N) is 1. The highest BCUT2D eigenvalue weighted by molar-refractivity contribution is 5.72. The third-order valence-electron chi connectivity index (χ3n) is 3.94. The summed E-state index contributed by atoms with van der Waals surface area (Å²) in [5.41, 5.74) is 5.98. The number of esters is 1. The molecule has 0 aliphatic carbocycles. The van der Waals surface area contributed by atoms with Crippen LogP contribution in [-0.4, -0.2) is 44.2 Å². The van der Waals surface area contributed by atoms with Crippen LogP contribution in [0, 0.1) is 11.3 Å². The average molecular weight is 256 g/mol. The summed E-state index contributed by atoms with van der Waals surface area (Å²) >= 11 is 0. The average Bonchev–Trinajstić information content (AvgIpc) is 2.82. The highest BCUT2D eigenvalue weighted by atomic mass is 16.5. The third-order valence-corrected chi connectivity index (χ3v) is 3.94. The van der Waals surface area contributed by atoms with Gasteiger partial charge in [0.25, 0.3) is 0 Å². The fraction of sp³-hybridized carbons (Fsp3) is 0.929. The van der Waals surface area contributed by atoms with Gasteiger partial charge in [-0.1, -0.05) is 20.3 Å². The summed E-state index contributed by atoms with van der Waals surface area (Å²) in [5, 5.41) is 0. The molecule has 0 aromatic carbocycles. The first-order valence-corrected chi connectivity index (χ1v) is 6.99. The van der Waals surface area contributed by atoms with Crippen molar-refractivity contribution in [2.75, 3.05) is 33.3 Å². The molecule has 106 valence electrons. The zero-order valence-corrected chi connectivity index (χ0v) is 12.1. The molecule has 1 aliphatic rings. The minimum Gasteiger partial charge on any atom is -0.469 e. The summed E-state index contributed by atoms with van der Waals surface area (Å²) in [6.07, 6.45) is 4.53. The Morgan fingerprint density at radius 2 is 2.17 bits per heavy atom. The van der Waals surface area contributed by atoms with Gasteiger partial charge in [0.2, 0.25) is 0 Å². The van der Waals surface area contributed by atoms with E-state index in [1.165, 1.54) is 26.4 Å². The number of nitrogens with two attached hydrogens (primary N) is 1. The molecule has 0 spiro atoms. The Balaban J connectivity index is 2.13. The quantitative estimate of drug-likeness (QED) is 0.556. The summed E-state index contributed by atoms with van der Waals surface area (Å²) in [5.74, 6) is 0.0391. The van der Waals surface area contributed by atoms with Gasteiger partial charge in [-0.05, 0) is 44.3 Å². The van der Waals surface area contributed by atoms with Crippen LogP contribution in [0.25, 0.3) is 0 Å². The normalized spacial score (nSPS) is 21.2. The lowest BCUT2D eigenvalue weighted by molar-refractivity contribution is -0.144.